The Bertz CT molecular complexity index is 349. The molecule has 0 amide bonds. The lowest BCUT2D eigenvalue weighted by atomic mass is 10.5. The van der Waals surface area contributed by atoms with E-state index in [1.807, 2.05) is 0 Å². The monoisotopic (exact) mass is 225 g/mol. The third kappa shape index (κ3) is 3.94. The van der Waals surface area contributed by atoms with E-state index in [0.29, 0.717) is 0 Å². The maximum Gasteiger partial charge on any atom is 0.522 e. The second-order valence-corrected chi connectivity index (χ2v) is 2.43. The fourth-order valence-electron chi connectivity index (χ4n) is 0.746. The van der Waals surface area contributed by atoms with Gasteiger partial charge in [-0.1, -0.05) is 0 Å². The summed E-state index contributed by atoms with van der Waals surface area (Å²) in [5, 5.41) is 15.2. The molecule has 0 aliphatic heterocycles. The molecule has 15 heavy (non-hydrogen) atoms. The van der Waals surface area contributed by atoms with E-state index in [9.17, 15) is 18.0 Å². The zero-order chi connectivity index (χ0) is 11.5. The van der Waals surface area contributed by atoms with Gasteiger partial charge in [-0.15, -0.1) is 18.3 Å². The van der Waals surface area contributed by atoms with Crippen LogP contribution in [0.15, 0.2) is 6.20 Å². The van der Waals surface area contributed by atoms with Gasteiger partial charge in [0.2, 0.25) is 0 Å². The second kappa shape index (κ2) is 4.26. The Morgan fingerprint density at radius 3 is 2.73 bits per heavy atom. The normalized spacial score (nSPS) is 11.7. The summed E-state index contributed by atoms with van der Waals surface area (Å²) in [7, 11) is 0. The SMILES string of the molecule is O=C(O)c1cnn(CCOC(F)(F)F)n1. The summed E-state index contributed by atoms with van der Waals surface area (Å²) in [5.74, 6) is -1.29. The maximum atomic E-state index is 11.5. The van der Waals surface area contributed by atoms with Crippen molar-refractivity contribution in [2.24, 2.45) is 0 Å². The fourth-order valence-corrected chi connectivity index (χ4v) is 0.746. The molecule has 1 heterocycles. The van der Waals surface area contributed by atoms with Gasteiger partial charge in [0.1, 0.15) is 0 Å². The van der Waals surface area contributed by atoms with Crippen molar-refractivity contribution in [3.63, 3.8) is 0 Å². The van der Waals surface area contributed by atoms with Crippen LogP contribution in [0.4, 0.5) is 13.2 Å². The van der Waals surface area contributed by atoms with Crippen LogP contribution in [0.25, 0.3) is 0 Å². The number of hydrogen-bond donors (Lipinski definition) is 1. The second-order valence-electron chi connectivity index (χ2n) is 2.43. The summed E-state index contributed by atoms with van der Waals surface area (Å²) in [6.07, 6.45) is -3.77. The Labute approximate surface area is 81.3 Å². The molecule has 0 saturated carbocycles. The number of rotatable bonds is 4. The lowest BCUT2D eigenvalue weighted by Gasteiger charge is -2.05. The lowest BCUT2D eigenvalue weighted by molar-refractivity contribution is -0.325. The summed E-state index contributed by atoms with van der Waals surface area (Å²) < 4.78 is 38.0. The molecule has 1 rings (SSSR count). The minimum Gasteiger partial charge on any atom is -0.476 e. The Morgan fingerprint density at radius 2 is 2.27 bits per heavy atom. The molecule has 84 valence electrons. The van der Waals surface area contributed by atoms with Gasteiger partial charge in [-0.05, 0) is 0 Å². The van der Waals surface area contributed by atoms with Crippen LogP contribution >= 0.6 is 0 Å². The van der Waals surface area contributed by atoms with Crippen molar-refractivity contribution in [2.75, 3.05) is 6.61 Å². The van der Waals surface area contributed by atoms with Crippen molar-refractivity contribution < 1.29 is 27.8 Å². The topological polar surface area (TPSA) is 77.2 Å². The molecule has 0 fully saturated rings. The maximum absolute atomic E-state index is 11.5. The van der Waals surface area contributed by atoms with E-state index >= 15 is 0 Å². The average Bonchev–Trinajstić information content (AvgIpc) is 2.50. The number of carboxylic acid groups (broad SMARTS) is 1. The highest BCUT2D eigenvalue weighted by atomic mass is 19.4. The molecule has 6 nitrogen and oxygen atoms in total. The molecular weight excluding hydrogens is 219 g/mol. The molecule has 0 aliphatic carbocycles. The van der Waals surface area contributed by atoms with E-state index in [4.69, 9.17) is 5.11 Å². The quantitative estimate of drug-likeness (QED) is 0.807. The van der Waals surface area contributed by atoms with E-state index in [2.05, 4.69) is 14.9 Å². The van der Waals surface area contributed by atoms with Crippen LogP contribution in [0.5, 0.6) is 0 Å². The van der Waals surface area contributed by atoms with Crippen LogP contribution < -0.4 is 0 Å². The Hall–Kier alpha value is -1.64. The minimum absolute atomic E-state index is 0.271. The van der Waals surface area contributed by atoms with Crippen LogP contribution in [0, 0.1) is 0 Å². The number of hydrogen-bond acceptors (Lipinski definition) is 4. The number of carboxylic acids is 1. The van der Waals surface area contributed by atoms with Gasteiger partial charge in [-0.3, -0.25) is 4.74 Å². The number of nitrogens with zero attached hydrogens (tertiary/aromatic N) is 3. The van der Waals surface area contributed by atoms with Gasteiger partial charge in [0, 0.05) is 0 Å². The predicted molar refractivity (Wildman–Crippen MR) is 39.0 cm³/mol. The van der Waals surface area contributed by atoms with E-state index in [0.717, 1.165) is 11.0 Å². The van der Waals surface area contributed by atoms with E-state index in [1.54, 1.807) is 0 Å². The van der Waals surface area contributed by atoms with Gasteiger partial charge in [0.15, 0.2) is 5.69 Å². The molecule has 1 N–H and O–H groups in total. The molecule has 9 heteroatoms. The largest absolute Gasteiger partial charge is 0.522 e. The number of carbonyl (C=O) groups is 1. The molecule has 0 bridgehead atoms. The van der Waals surface area contributed by atoms with Gasteiger partial charge in [-0.2, -0.15) is 9.90 Å². The number of halogens is 3. The number of alkyl halides is 3. The number of aromatic nitrogens is 3. The van der Waals surface area contributed by atoms with Crippen LogP contribution in [-0.4, -0.2) is 39.0 Å². The molecule has 0 unspecified atom stereocenters. The van der Waals surface area contributed by atoms with Crippen molar-refractivity contribution >= 4 is 5.97 Å². The minimum atomic E-state index is -4.71. The molecule has 0 spiro atoms. The predicted octanol–water partition coefficient (Wildman–Crippen LogP) is 0.513. The zero-order valence-electron chi connectivity index (χ0n) is 7.23. The van der Waals surface area contributed by atoms with Crippen LogP contribution in [0.3, 0.4) is 0 Å². The van der Waals surface area contributed by atoms with E-state index < -0.39 is 18.9 Å². The molecule has 0 aliphatic rings. The molecule has 0 atom stereocenters. The summed E-state index contributed by atoms with van der Waals surface area (Å²) in [6, 6.07) is 0. The van der Waals surface area contributed by atoms with Crippen LogP contribution in [0.1, 0.15) is 10.5 Å². The highest BCUT2D eigenvalue weighted by Gasteiger charge is 2.28. The Morgan fingerprint density at radius 1 is 1.60 bits per heavy atom. The van der Waals surface area contributed by atoms with Crippen molar-refractivity contribution in [3.8, 4) is 0 Å². The highest BCUT2D eigenvalue weighted by molar-refractivity contribution is 5.84. The van der Waals surface area contributed by atoms with Gasteiger partial charge in [-0.25, -0.2) is 4.79 Å². The average molecular weight is 225 g/mol. The van der Waals surface area contributed by atoms with Crippen molar-refractivity contribution in [1.82, 2.24) is 15.0 Å². The van der Waals surface area contributed by atoms with Crippen LogP contribution in [0.2, 0.25) is 0 Å². The van der Waals surface area contributed by atoms with Crippen LogP contribution in [-0.2, 0) is 11.3 Å². The zero-order valence-corrected chi connectivity index (χ0v) is 7.23. The number of ether oxygens (including phenoxy) is 1. The first kappa shape index (κ1) is 11.4. The van der Waals surface area contributed by atoms with Gasteiger partial charge < -0.3 is 5.11 Å². The van der Waals surface area contributed by atoms with Crippen molar-refractivity contribution in [1.29, 1.82) is 0 Å². The first-order chi connectivity index (χ1) is 6.88. The van der Waals surface area contributed by atoms with E-state index in [-0.39, 0.29) is 12.2 Å². The summed E-state index contributed by atoms with van der Waals surface area (Å²) in [6.45, 7) is -0.940. The molecule has 1 aromatic rings. The van der Waals surface area contributed by atoms with Gasteiger partial charge in [0.25, 0.3) is 0 Å². The summed E-state index contributed by atoms with van der Waals surface area (Å²) in [4.78, 5) is 11.1. The third-order valence-electron chi connectivity index (χ3n) is 1.31. The molecule has 0 aromatic carbocycles. The fraction of sp³-hybridized carbons (Fsp3) is 0.500. The van der Waals surface area contributed by atoms with E-state index in [1.165, 1.54) is 0 Å². The first-order valence-electron chi connectivity index (χ1n) is 3.72. The van der Waals surface area contributed by atoms with Gasteiger partial charge >= 0.3 is 12.3 Å². The van der Waals surface area contributed by atoms with Crippen molar-refractivity contribution in [3.05, 3.63) is 11.9 Å². The highest BCUT2D eigenvalue weighted by Crippen LogP contribution is 2.15. The number of aromatic carboxylic acids is 1. The molecule has 1 aromatic heterocycles. The Kier molecular flexibility index (Phi) is 3.24. The lowest BCUT2D eigenvalue weighted by Crippen LogP contribution is -2.18. The van der Waals surface area contributed by atoms with Crippen molar-refractivity contribution in [2.45, 2.75) is 12.9 Å². The molecular formula is C6H6F3N3O3. The molecule has 0 radical (unpaired) electrons. The smallest absolute Gasteiger partial charge is 0.476 e. The standard InChI is InChI=1S/C6H6F3N3O3/c7-6(8,9)15-2-1-12-10-3-4(11-12)5(13)14/h3H,1-2H2,(H,13,14). The summed E-state index contributed by atoms with van der Waals surface area (Å²) in [5.41, 5.74) is -0.331. The van der Waals surface area contributed by atoms with Gasteiger partial charge in [0.05, 0.1) is 19.3 Å². The first-order valence-corrected chi connectivity index (χ1v) is 3.72. The molecule has 0 saturated heterocycles. The third-order valence-corrected chi connectivity index (χ3v) is 1.31. The summed E-state index contributed by atoms with van der Waals surface area (Å²) >= 11 is 0. The Balaban J connectivity index is 2.41.